The number of ether oxygens (including phenoxy) is 1. The molecule has 156 valence electrons. The van der Waals surface area contributed by atoms with Crippen LogP contribution in [0.1, 0.15) is 37.1 Å². The highest BCUT2D eigenvalue weighted by molar-refractivity contribution is 6.32. The van der Waals surface area contributed by atoms with Crippen molar-refractivity contribution in [2.45, 2.75) is 38.8 Å². The van der Waals surface area contributed by atoms with Crippen molar-refractivity contribution in [1.29, 1.82) is 0 Å². The summed E-state index contributed by atoms with van der Waals surface area (Å²) in [6, 6.07) is 5.52. The second-order valence-corrected chi connectivity index (χ2v) is 8.44. The third-order valence-corrected chi connectivity index (χ3v) is 6.36. The summed E-state index contributed by atoms with van der Waals surface area (Å²) < 4.78 is 7.70. The summed E-state index contributed by atoms with van der Waals surface area (Å²) in [5.74, 6) is 0.0608. The molecule has 2 aromatic heterocycles. The first-order valence-corrected chi connectivity index (χ1v) is 10.6. The van der Waals surface area contributed by atoms with Gasteiger partial charge >= 0.3 is 0 Å². The number of fused-ring (bicyclic) bond motifs is 2. The molecule has 1 fully saturated rings. The highest BCUT2D eigenvalue weighted by atomic mass is 35.5. The second kappa shape index (κ2) is 7.56. The average Bonchev–Trinajstić information content (AvgIpc) is 3.12. The fourth-order valence-electron chi connectivity index (χ4n) is 4.60. The molecule has 0 spiro atoms. The van der Waals surface area contributed by atoms with E-state index in [9.17, 15) is 9.59 Å². The van der Waals surface area contributed by atoms with E-state index in [-0.39, 0.29) is 17.5 Å². The summed E-state index contributed by atoms with van der Waals surface area (Å²) in [6.07, 6.45) is 4.34. The van der Waals surface area contributed by atoms with E-state index in [1.165, 1.54) is 5.69 Å². The van der Waals surface area contributed by atoms with Crippen molar-refractivity contribution in [3.05, 3.63) is 51.0 Å². The molecule has 0 atom stereocenters. The topological polar surface area (TPSA) is 80.2 Å². The molecule has 0 aliphatic carbocycles. The van der Waals surface area contributed by atoms with Crippen LogP contribution >= 0.6 is 11.6 Å². The number of aromatic amines is 1. The Morgan fingerprint density at radius 1 is 1.27 bits per heavy atom. The van der Waals surface area contributed by atoms with Crippen molar-refractivity contribution in [3.63, 3.8) is 0 Å². The number of nitrogens with one attached hydrogen (secondary N) is 1. The van der Waals surface area contributed by atoms with E-state index < -0.39 is 0 Å². The van der Waals surface area contributed by atoms with Gasteiger partial charge in [-0.3, -0.25) is 14.3 Å². The molecule has 0 unspecified atom stereocenters. The molecular formula is C22H23ClN4O3. The maximum atomic E-state index is 12.1. The van der Waals surface area contributed by atoms with Crippen molar-refractivity contribution in [2.75, 3.05) is 19.8 Å². The van der Waals surface area contributed by atoms with Gasteiger partial charge in [0.25, 0.3) is 0 Å². The summed E-state index contributed by atoms with van der Waals surface area (Å²) >= 11 is 6.42. The lowest BCUT2D eigenvalue weighted by Gasteiger charge is -2.29. The Kier molecular flexibility index (Phi) is 4.87. The van der Waals surface area contributed by atoms with Gasteiger partial charge in [-0.1, -0.05) is 11.6 Å². The minimum atomic E-state index is -0.173. The van der Waals surface area contributed by atoms with E-state index in [1.807, 2.05) is 11.0 Å². The van der Waals surface area contributed by atoms with Crippen molar-refractivity contribution < 1.29 is 9.53 Å². The number of carbonyl (C=O) groups excluding carboxylic acids is 1. The van der Waals surface area contributed by atoms with Crippen molar-refractivity contribution >= 4 is 28.3 Å². The molecule has 7 nitrogen and oxygen atoms in total. The highest BCUT2D eigenvalue weighted by Gasteiger charge is 2.30. The molecule has 1 aromatic carbocycles. The summed E-state index contributed by atoms with van der Waals surface area (Å²) in [4.78, 5) is 28.5. The van der Waals surface area contributed by atoms with Gasteiger partial charge in [0.1, 0.15) is 0 Å². The number of carbonyl (C=O) groups is 1. The molecule has 3 aromatic rings. The maximum absolute atomic E-state index is 12.1. The fourth-order valence-corrected chi connectivity index (χ4v) is 4.83. The molecule has 4 heterocycles. The Labute approximate surface area is 178 Å². The summed E-state index contributed by atoms with van der Waals surface area (Å²) in [7, 11) is 0. The first kappa shape index (κ1) is 19.3. The van der Waals surface area contributed by atoms with Crippen LogP contribution in [0, 0.1) is 0 Å². The van der Waals surface area contributed by atoms with Gasteiger partial charge in [-0.2, -0.15) is 5.10 Å². The molecule has 0 saturated carbocycles. The van der Waals surface area contributed by atoms with E-state index in [2.05, 4.69) is 9.67 Å². The quantitative estimate of drug-likeness (QED) is 0.681. The zero-order chi connectivity index (χ0) is 20.8. The van der Waals surface area contributed by atoms with Gasteiger partial charge in [-0.15, -0.1) is 0 Å². The number of hydrogen-bond acceptors (Lipinski definition) is 4. The summed E-state index contributed by atoms with van der Waals surface area (Å²) in [6.45, 7) is 4.29. The van der Waals surface area contributed by atoms with Crippen LogP contribution in [0.5, 0.6) is 0 Å². The van der Waals surface area contributed by atoms with Crippen LogP contribution in [-0.2, 0) is 22.5 Å². The fraction of sp³-hybridized carbons (Fsp3) is 0.409. The van der Waals surface area contributed by atoms with Gasteiger partial charge in [0.2, 0.25) is 11.5 Å². The van der Waals surface area contributed by atoms with Gasteiger partial charge in [0, 0.05) is 79.1 Å². The number of aromatic nitrogens is 3. The zero-order valence-electron chi connectivity index (χ0n) is 16.8. The molecule has 0 bridgehead atoms. The monoisotopic (exact) mass is 426 g/mol. The smallest absolute Gasteiger partial charge is 0.248 e. The Balaban J connectivity index is 1.72. The molecule has 1 amide bonds. The van der Waals surface area contributed by atoms with Crippen molar-refractivity contribution in [3.8, 4) is 11.3 Å². The van der Waals surface area contributed by atoms with Crippen LogP contribution < -0.4 is 5.56 Å². The lowest BCUT2D eigenvalue weighted by molar-refractivity contribution is -0.129. The minimum Gasteiger partial charge on any atom is -0.381 e. The van der Waals surface area contributed by atoms with Crippen LogP contribution in [0.3, 0.4) is 0 Å². The number of hydrogen-bond donors (Lipinski definition) is 1. The molecular weight excluding hydrogens is 404 g/mol. The number of halogens is 1. The normalized spacial score (nSPS) is 17.3. The molecule has 1 saturated heterocycles. The van der Waals surface area contributed by atoms with E-state index >= 15 is 0 Å². The molecule has 8 heteroatoms. The first-order valence-electron chi connectivity index (χ1n) is 10.3. The van der Waals surface area contributed by atoms with Gasteiger partial charge in [-0.05, 0) is 30.4 Å². The third-order valence-electron chi connectivity index (χ3n) is 6.15. The standard InChI is InChI=1S/C22H23ClN4O3/c1-13(28)26-5-2-20-19(12-26)22(25-27(20)16-3-6-30-7-4-16)17-10-15(23)8-14-9-21(29)24-11-18(14)17/h8-11,16H,2-7,12H2,1H3,(H,24,29). The highest BCUT2D eigenvalue weighted by Crippen LogP contribution is 2.38. The van der Waals surface area contributed by atoms with E-state index in [0.717, 1.165) is 60.1 Å². The van der Waals surface area contributed by atoms with Gasteiger partial charge < -0.3 is 14.6 Å². The molecule has 2 aliphatic heterocycles. The van der Waals surface area contributed by atoms with E-state index in [0.29, 0.717) is 18.1 Å². The maximum Gasteiger partial charge on any atom is 0.248 e. The Bertz CT molecular complexity index is 1190. The number of amides is 1. The van der Waals surface area contributed by atoms with Crippen molar-refractivity contribution in [2.24, 2.45) is 0 Å². The molecule has 5 rings (SSSR count). The molecule has 2 aliphatic rings. The lowest BCUT2D eigenvalue weighted by Crippen LogP contribution is -2.35. The minimum absolute atomic E-state index is 0.0608. The lowest BCUT2D eigenvalue weighted by atomic mass is 9.97. The zero-order valence-corrected chi connectivity index (χ0v) is 17.5. The third kappa shape index (κ3) is 3.32. The number of nitrogens with zero attached hydrogens (tertiary/aromatic N) is 3. The predicted octanol–water partition coefficient (Wildman–Crippen LogP) is 3.30. The molecule has 30 heavy (non-hydrogen) atoms. The molecule has 0 radical (unpaired) electrons. The number of rotatable bonds is 2. The van der Waals surface area contributed by atoms with Crippen LogP contribution in [0.15, 0.2) is 29.2 Å². The van der Waals surface area contributed by atoms with E-state index in [1.54, 1.807) is 25.3 Å². The van der Waals surface area contributed by atoms with Crippen molar-refractivity contribution in [1.82, 2.24) is 19.7 Å². The Hall–Kier alpha value is -2.64. The Morgan fingerprint density at radius 2 is 2.07 bits per heavy atom. The van der Waals surface area contributed by atoms with Crippen LogP contribution in [0.25, 0.3) is 22.0 Å². The van der Waals surface area contributed by atoms with E-state index in [4.69, 9.17) is 21.4 Å². The SMILES string of the molecule is CC(=O)N1CCc2c(c(-c3cc(Cl)cc4cc(=O)[nH]cc34)nn2C2CCOCC2)C1. The number of H-pyrrole nitrogens is 1. The van der Waals surface area contributed by atoms with Gasteiger partial charge in [0.15, 0.2) is 0 Å². The van der Waals surface area contributed by atoms with Crippen LogP contribution in [-0.4, -0.2) is 45.3 Å². The summed E-state index contributed by atoms with van der Waals surface area (Å²) in [5.41, 5.74) is 3.79. The van der Waals surface area contributed by atoms with Crippen LogP contribution in [0.4, 0.5) is 0 Å². The summed E-state index contributed by atoms with van der Waals surface area (Å²) in [5, 5.41) is 7.28. The molecule has 1 N–H and O–H groups in total. The Morgan fingerprint density at radius 3 is 2.83 bits per heavy atom. The van der Waals surface area contributed by atoms with Gasteiger partial charge in [0.05, 0.1) is 11.7 Å². The number of pyridine rings is 1. The first-order chi connectivity index (χ1) is 14.5. The van der Waals surface area contributed by atoms with Gasteiger partial charge in [-0.25, -0.2) is 0 Å². The van der Waals surface area contributed by atoms with Crippen LogP contribution in [0.2, 0.25) is 5.02 Å². The number of benzene rings is 1. The largest absolute Gasteiger partial charge is 0.381 e. The average molecular weight is 427 g/mol. The predicted molar refractivity (Wildman–Crippen MR) is 115 cm³/mol. The second-order valence-electron chi connectivity index (χ2n) is 8.01.